The SMILES string of the molecule is O=C(c1n[nH]c2ccccc12)N1CCC(N2CCCC2)C1. The van der Waals surface area contributed by atoms with Crippen LogP contribution in [0.2, 0.25) is 0 Å². The molecule has 2 fully saturated rings. The zero-order valence-corrected chi connectivity index (χ0v) is 12.1. The van der Waals surface area contributed by atoms with Crippen LogP contribution in [0.3, 0.4) is 0 Å². The van der Waals surface area contributed by atoms with Crippen molar-refractivity contribution in [1.29, 1.82) is 0 Å². The quantitative estimate of drug-likeness (QED) is 0.916. The molecule has 0 spiro atoms. The van der Waals surface area contributed by atoms with Crippen molar-refractivity contribution in [3.63, 3.8) is 0 Å². The van der Waals surface area contributed by atoms with Crippen LogP contribution < -0.4 is 0 Å². The number of aromatic amines is 1. The van der Waals surface area contributed by atoms with Crippen LogP contribution >= 0.6 is 0 Å². The number of H-pyrrole nitrogens is 1. The molecule has 0 saturated carbocycles. The summed E-state index contributed by atoms with van der Waals surface area (Å²) in [6.45, 7) is 4.08. The fraction of sp³-hybridized carbons (Fsp3) is 0.500. The van der Waals surface area contributed by atoms with Crippen LogP contribution in [-0.4, -0.2) is 58.1 Å². The number of carbonyl (C=O) groups excluding carboxylic acids is 1. The normalized spacial score (nSPS) is 23.2. The van der Waals surface area contributed by atoms with Crippen LogP contribution in [0.25, 0.3) is 10.9 Å². The second kappa shape index (κ2) is 5.15. The first-order chi connectivity index (χ1) is 10.3. The number of amides is 1. The lowest BCUT2D eigenvalue weighted by Crippen LogP contribution is -2.37. The van der Waals surface area contributed by atoms with E-state index in [1.54, 1.807) is 0 Å². The molecule has 2 aliphatic heterocycles. The molecule has 1 aromatic carbocycles. The average molecular weight is 284 g/mol. The molecule has 2 aromatic rings. The summed E-state index contributed by atoms with van der Waals surface area (Å²) < 4.78 is 0. The van der Waals surface area contributed by atoms with Gasteiger partial charge in [0.05, 0.1) is 5.52 Å². The van der Waals surface area contributed by atoms with Crippen molar-refractivity contribution in [1.82, 2.24) is 20.0 Å². The first-order valence-corrected chi connectivity index (χ1v) is 7.79. The van der Waals surface area contributed by atoms with Crippen LogP contribution in [0.1, 0.15) is 29.8 Å². The number of benzene rings is 1. The smallest absolute Gasteiger partial charge is 0.275 e. The van der Waals surface area contributed by atoms with Crippen molar-refractivity contribution in [2.45, 2.75) is 25.3 Å². The molecule has 5 heteroatoms. The first-order valence-electron chi connectivity index (χ1n) is 7.79. The van der Waals surface area contributed by atoms with Gasteiger partial charge < -0.3 is 4.90 Å². The van der Waals surface area contributed by atoms with Gasteiger partial charge in [-0.2, -0.15) is 5.10 Å². The molecule has 3 heterocycles. The predicted molar refractivity (Wildman–Crippen MR) is 81.2 cm³/mol. The van der Waals surface area contributed by atoms with Crippen LogP contribution in [0, 0.1) is 0 Å². The molecule has 5 nitrogen and oxygen atoms in total. The van der Waals surface area contributed by atoms with E-state index in [2.05, 4.69) is 15.1 Å². The maximum absolute atomic E-state index is 12.7. The summed E-state index contributed by atoms with van der Waals surface area (Å²) in [6, 6.07) is 8.36. The van der Waals surface area contributed by atoms with Crippen molar-refractivity contribution >= 4 is 16.8 Å². The first kappa shape index (κ1) is 12.8. The summed E-state index contributed by atoms with van der Waals surface area (Å²) in [4.78, 5) is 17.2. The van der Waals surface area contributed by atoms with E-state index >= 15 is 0 Å². The zero-order valence-electron chi connectivity index (χ0n) is 12.1. The lowest BCUT2D eigenvalue weighted by molar-refractivity contribution is 0.0776. The molecule has 4 rings (SSSR count). The third-order valence-corrected chi connectivity index (χ3v) is 4.78. The molecule has 2 saturated heterocycles. The number of nitrogens with one attached hydrogen (secondary N) is 1. The van der Waals surface area contributed by atoms with Gasteiger partial charge in [-0.1, -0.05) is 18.2 Å². The molecule has 110 valence electrons. The molecule has 2 aliphatic rings. The highest BCUT2D eigenvalue weighted by Crippen LogP contribution is 2.23. The standard InChI is InChI=1S/C16H20N4O/c21-16(15-13-5-1-2-6-14(13)17-18-15)20-10-7-12(11-20)19-8-3-4-9-19/h1-2,5-6,12H,3-4,7-11H2,(H,17,18). The topological polar surface area (TPSA) is 52.2 Å². The van der Waals surface area contributed by atoms with Crippen molar-refractivity contribution in [2.75, 3.05) is 26.2 Å². The van der Waals surface area contributed by atoms with E-state index in [0.29, 0.717) is 11.7 Å². The lowest BCUT2D eigenvalue weighted by Gasteiger charge is -2.23. The Kier molecular flexibility index (Phi) is 3.15. The monoisotopic (exact) mass is 284 g/mol. The molecule has 0 radical (unpaired) electrons. The zero-order chi connectivity index (χ0) is 14.2. The van der Waals surface area contributed by atoms with Crippen molar-refractivity contribution in [3.05, 3.63) is 30.0 Å². The van der Waals surface area contributed by atoms with Gasteiger partial charge in [-0.25, -0.2) is 0 Å². The Balaban J connectivity index is 1.53. The highest BCUT2D eigenvalue weighted by Gasteiger charge is 2.33. The van der Waals surface area contributed by atoms with E-state index in [4.69, 9.17) is 0 Å². The second-order valence-corrected chi connectivity index (χ2v) is 6.05. The van der Waals surface area contributed by atoms with Crippen molar-refractivity contribution < 1.29 is 4.79 Å². The van der Waals surface area contributed by atoms with E-state index in [1.165, 1.54) is 25.9 Å². The maximum Gasteiger partial charge on any atom is 0.275 e. The largest absolute Gasteiger partial charge is 0.336 e. The third-order valence-electron chi connectivity index (χ3n) is 4.78. The Hall–Kier alpha value is -1.88. The lowest BCUT2D eigenvalue weighted by atomic mass is 10.2. The summed E-state index contributed by atoms with van der Waals surface area (Å²) in [5.74, 6) is 0.0640. The Bertz CT molecular complexity index is 659. The fourth-order valence-electron chi connectivity index (χ4n) is 3.61. The summed E-state index contributed by atoms with van der Waals surface area (Å²) in [5, 5.41) is 8.11. The minimum absolute atomic E-state index is 0.0640. The number of hydrogen-bond acceptors (Lipinski definition) is 3. The number of aromatic nitrogens is 2. The van der Waals surface area contributed by atoms with E-state index in [0.717, 1.165) is 30.4 Å². The number of likely N-dealkylation sites (tertiary alicyclic amines) is 2. The summed E-state index contributed by atoms with van der Waals surface area (Å²) >= 11 is 0. The minimum atomic E-state index is 0.0640. The van der Waals surface area contributed by atoms with Crippen LogP contribution in [0.5, 0.6) is 0 Å². The van der Waals surface area contributed by atoms with Crippen LogP contribution in [0.4, 0.5) is 0 Å². The number of carbonyl (C=O) groups is 1. The molecule has 0 aliphatic carbocycles. The van der Waals surface area contributed by atoms with Gasteiger partial charge in [-0.15, -0.1) is 0 Å². The molecule has 0 bridgehead atoms. The minimum Gasteiger partial charge on any atom is -0.336 e. The molecule has 21 heavy (non-hydrogen) atoms. The van der Waals surface area contributed by atoms with E-state index in [1.807, 2.05) is 29.2 Å². The summed E-state index contributed by atoms with van der Waals surface area (Å²) in [6.07, 6.45) is 3.69. The Morgan fingerprint density at radius 2 is 2.00 bits per heavy atom. The second-order valence-electron chi connectivity index (χ2n) is 6.05. The predicted octanol–water partition coefficient (Wildman–Crippen LogP) is 1.87. The van der Waals surface area contributed by atoms with E-state index in [9.17, 15) is 4.79 Å². The third kappa shape index (κ3) is 2.21. The highest BCUT2D eigenvalue weighted by molar-refractivity contribution is 6.04. The molecule has 1 amide bonds. The van der Waals surface area contributed by atoms with Crippen LogP contribution in [0.15, 0.2) is 24.3 Å². The molecular formula is C16H20N4O. The Morgan fingerprint density at radius 1 is 1.19 bits per heavy atom. The number of fused-ring (bicyclic) bond motifs is 1. The number of hydrogen-bond donors (Lipinski definition) is 1. The number of para-hydroxylation sites is 1. The summed E-state index contributed by atoms with van der Waals surface area (Å²) in [5.41, 5.74) is 1.49. The van der Waals surface area contributed by atoms with Gasteiger partial charge in [-0.05, 0) is 38.4 Å². The molecule has 1 N–H and O–H groups in total. The van der Waals surface area contributed by atoms with Gasteiger partial charge >= 0.3 is 0 Å². The summed E-state index contributed by atoms with van der Waals surface area (Å²) in [7, 11) is 0. The Labute approximate surface area is 123 Å². The molecule has 1 atom stereocenters. The van der Waals surface area contributed by atoms with Gasteiger partial charge in [0.2, 0.25) is 0 Å². The number of rotatable bonds is 2. The van der Waals surface area contributed by atoms with Crippen molar-refractivity contribution in [3.8, 4) is 0 Å². The fourth-order valence-corrected chi connectivity index (χ4v) is 3.61. The van der Waals surface area contributed by atoms with Gasteiger partial charge in [0, 0.05) is 24.5 Å². The number of nitrogens with zero attached hydrogens (tertiary/aromatic N) is 3. The van der Waals surface area contributed by atoms with E-state index in [-0.39, 0.29) is 5.91 Å². The van der Waals surface area contributed by atoms with E-state index < -0.39 is 0 Å². The average Bonchev–Trinajstić information content (AvgIpc) is 3.25. The highest BCUT2D eigenvalue weighted by atomic mass is 16.2. The molecule has 1 aromatic heterocycles. The molecular weight excluding hydrogens is 264 g/mol. The van der Waals surface area contributed by atoms with Gasteiger partial charge in [0.1, 0.15) is 0 Å². The molecule has 1 unspecified atom stereocenters. The van der Waals surface area contributed by atoms with Crippen LogP contribution in [-0.2, 0) is 0 Å². The maximum atomic E-state index is 12.7. The van der Waals surface area contributed by atoms with Gasteiger partial charge in [0.15, 0.2) is 5.69 Å². The van der Waals surface area contributed by atoms with Crippen molar-refractivity contribution in [2.24, 2.45) is 0 Å². The Morgan fingerprint density at radius 3 is 2.86 bits per heavy atom. The van der Waals surface area contributed by atoms with Gasteiger partial charge in [0.25, 0.3) is 5.91 Å². The van der Waals surface area contributed by atoms with Gasteiger partial charge in [-0.3, -0.25) is 14.8 Å².